The average molecular weight is 224 g/mol. The molecule has 1 N–H and O–H groups in total. The molecule has 2 fully saturated rings. The number of fused-ring (bicyclic) bond motifs is 1. The molecule has 2 aromatic rings. The monoisotopic (exact) mass is 224 g/mol. The topological polar surface area (TPSA) is 65.4 Å². The summed E-state index contributed by atoms with van der Waals surface area (Å²) in [6.45, 7) is 0. The van der Waals surface area contributed by atoms with E-state index < -0.39 is 0 Å². The first-order valence-electron chi connectivity index (χ1n) is 5.96. The second kappa shape index (κ2) is 2.67. The molecule has 2 aliphatic rings. The minimum atomic E-state index is -0.331. The number of aromatic amines is 1. The minimum Gasteiger partial charge on any atom is -0.276 e. The molecule has 0 aromatic carbocycles. The van der Waals surface area contributed by atoms with Crippen molar-refractivity contribution in [1.82, 2.24) is 15.2 Å². The van der Waals surface area contributed by atoms with E-state index in [4.69, 9.17) is 0 Å². The van der Waals surface area contributed by atoms with Crippen molar-refractivity contribution in [1.29, 1.82) is 5.26 Å². The molecular weight excluding hydrogens is 212 g/mol. The fourth-order valence-electron chi connectivity index (χ4n) is 3.18. The van der Waals surface area contributed by atoms with E-state index in [1.807, 2.05) is 6.07 Å². The Morgan fingerprint density at radius 1 is 1.29 bits per heavy atom. The first kappa shape index (κ1) is 9.17. The zero-order valence-corrected chi connectivity index (χ0v) is 9.40. The summed E-state index contributed by atoms with van der Waals surface area (Å²) in [5, 5.41) is 17.4. The van der Waals surface area contributed by atoms with Crippen LogP contribution in [0.3, 0.4) is 0 Å². The van der Waals surface area contributed by atoms with Crippen molar-refractivity contribution >= 4 is 10.9 Å². The van der Waals surface area contributed by atoms with Crippen LogP contribution in [0.2, 0.25) is 0 Å². The van der Waals surface area contributed by atoms with Gasteiger partial charge < -0.3 is 0 Å². The fraction of sp³-hybridized carbons (Fsp3) is 0.462. The molecule has 0 unspecified atom stereocenters. The number of nitrogens with zero attached hydrogens (tertiary/aromatic N) is 3. The van der Waals surface area contributed by atoms with E-state index in [2.05, 4.69) is 21.3 Å². The number of pyridine rings is 1. The first-order valence-corrected chi connectivity index (χ1v) is 5.96. The van der Waals surface area contributed by atoms with Crippen LogP contribution in [-0.2, 0) is 5.41 Å². The summed E-state index contributed by atoms with van der Waals surface area (Å²) >= 11 is 0. The van der Waals surface area contributed by atoms with E-state index in [9.17, 15) is 5.26 Å². The third kappa shape index (κ3) is 1.11. The molecule has 84 valence electrons. The highest BCUT2D eigenvalue weighted by atomic mass is 15.1. The Hall–Kier alpha value is -1.89. The lowest BCUT2D eigenvalue weighted by Gasteiger charge is -2.42. The number of aromatic nitrogens is 3. The molecule has 2 aliphatic carbocycles. The quantitative estimate of drug-likeness (QED) is 0.808. The van der Waals surface area contributed by atoms with E-state index >= 15 is 0 Å². The summed E-state index contributed by atoms with van der Waals surface area (Å²) in [6, 6.07) is 4.50. The largest absolute Gasteiger partial charge is 0.276 e. The zero-order chi connectivity index (χ0) is 11.5. The van der Waals surface area contributed by atoms with Gasteiger partial charge in [-0.05, 0) is 37.2 Å². The fourth-order valence-corrected chi connectivity index (χ4v) is 3.18. The summed E-state index contributed by atoms with van der Waals surface area (Å²) < 4.78 is 0. The predicted octanol–water partition coefficient (Wildman–Crippen LogP) is 2.29. The Morgan fingerprint density at radius 2 is 2.12 bits per heavy atom. The molecule has 4 heteroatoms. The van der Waals surface area contributed by atoms with Gasteiger partial charge in [0.1, 0.15) is 5.41 Å². The molecule has 0 aliphatic heterocycles. The third-order valence-corrected chi connectivity index (χ3v) is 4.34. The zero-order valence-electron chi connectivity index (χ0n) is 9.40. The van der Waals surface area contributed by atoms with Gasteiger partial charge in [-0.3, -0.25) is 10.1 Å². The summed E-state index contributed by atoms with van der Waals surface area (Å²) in [5.41, 5.74) is 2.03. The molecule has 0 atom stereocenters. The van der Waals surface area contributed by atoms with Gasteiger partial charge in [0, 0.05) is 5.39 Å². The van der Waals surface area contributed by atoms with Crippen molar-refractivity contribution in [2.45, 2.75) is 31.1 Å². The van der Waals surface area contributed by atoms with Crippen molar-refractivity contribution in [2.75, 3.05) is 0 Å². The Labute approximate surface area is 98.7 Å². The van der Waals surface area contributed by atoms with Gasteiger partial charge in [-0.1, -0.05) is 0 Å². The lowest BCUT2D eigenvalue weighted by Crippen LogP contribution is -2.42. The van der Waals surface area contributed by atoms with Crippen LogP contribution in [0.5, 0.6) is 0 Å². The van der Waals surface area contributed by atoms with E-state index in [1.54, 1.807) is 12.4 Å². The molecule has 2 heterocycles. The van der Waals surface area contributed by atoms with Crippen molar-refractivity contribution in [3.8, 4) is 6.07 Å². The van der Waals surface area contributed by atoms with Crippen LogP contribution in [0.25, 0.3) is 10.9 Å². The van der Waals surface area contributed by atoms with Gasteiger partial charge in [0.2, 0.25) is 0 Å². The highest BCUT2D eigenvalue weighted by molar-refractivity contribution is 5.77. The number of nitrogens with one attached hydrogen (secondary N) is 1. The Balaban J connectivity index is 1.80. The van der Waals surface area contributed by atoms with Crippen molar-refractivity contribution < 1.29 is 0 Å². The van der Waals surface area contributed by atoms with Crippen LogP contribution in [0.4, 0.5) is 0 Å². The third-order valence-electron chi connectivity index (χ3n) is 4.34. The highest BCUT2D eigenvalue weighted by Crippen LogP contribution is 2.68. The average Bonchev–Trinajstić information content (AvgIpc) is 2.95. The van der Waals surface area contributed by atoms with Crippen molar-refractivity contribution in [3.63, 3.8) is 0 Å². The van der Waals surface area contributed by atoms with Crippen LogP contribution in [0, 0.1) is 16.7 Å². The minimum absolute atomic E-state index is 0.331. The molecule has 0 amide bonds. The van der Waals surface area contributed by atoms with E-state index in [0.717, 1.165) is 29.4 Å². The van der Waals surface area contributed by atoms with Gasteiger partial charge >= 0.3 is 0 Å². The molecular formula is C13H12N4. The van der Waals surface area contributed by atoms with Crippen LogP contribution < -0.4 is 0 Å². The van der Waals surface area contributed by atoms with Gasteiger partial charge in [-0.25, -0.2) is 0 Å². The maximum Gasteiger partial charge on any atom is 0.100 e. The molecule has 0 radical (unpaired) electrons. The molecule has 0 saturated heterocycles. The van der Waals surface area contributed by atoms with E-state index in [-0.39, 0.29) is 5.41 Å². The molecule has 2 saturated carbocycles. The SMILES string of the molecule is N#CC1(c2cc3cn[nH]c3cn2)CC2(CC2)C1. The van der Waals surface area contributed by atoms with Crippen molar-refractivity contribution in [2.24, 2.45) is 5.41 Å². The summed E-state index contributed by atoms with van der Waals surface area (Å²) in [6.07, 6.45) is 8.15. The molecule has 1 spiro atoms. The van der Waals surface area contributed by atoms with E-state index in [0.29, 0.717) is 5.41 Å². The molecule has 4 nitrogen and oxygen atoms in total. The number of rotatable bonds is 1. The van der Waals surface area contributed by atoms with E-state index in [1.165, 1.54) is 12.8 Å². The van der Waals surface area contributed by atoms with Gasteiger partial charge in [0.15, 0.2) is 0 Å². The van der Waals surface area contributed by atoms with Gasteiger partial charge in [-0.2, -0.15) is 10.4 Å². The van der Waals surface area contributed by atoms with Crippen LogP contribution >= 0.6 is 0 Å². The Morgan fingerprint density at radius 3 is 2.82 bits per heavy atom. The molecule has 2 aromatic heterocycles. The lowest BCUT2D eigenvalue weighted by atomic mass is 9.58. The van der Waals surface area contributed by atoms with Crippen LogP contribution in [0.1, 0.15) is 31.4 Å². The second-order valence-electron chi connectivity index (χ2n) is 5.57. The Bertz CT molecular complexity index is 637. The summed E-state index contributed by atoms with van der Waals surface area (Å²) in [4.78, 5) is 4.44. The predicted molar refractivity (Wildman–Crippen MR) is 62.1 cm³/mol. The summed E-state index contributed by atoms with van der Waals surface area (Å²) in [7, 11) is 0. The van der Waals surface area contributed by atoms with Gasteiger partial charge in [-0.15, -0.1) is 0 Å². The first-order chi connectivity index (χ1) is 8.25. The van der Waals surface area contributed by atoms with Crippen LogP contribution in [-0.4, -0.2) is 15.2 Å². The highest BCUT2D eigenvalue weighted by Gasteiger charge is 2.62. The van der Waals surface area contributed by atoms with Crippen molar-refractivity contribution in [3.05, 3.63) is 24.2 Å². The van der Waals surface area contributed by atoms with Gasteiger partial charge in [0.05, 0.1) is 29.7 Å². The second-order valence-corrected chi connectivity index (χ2v) is 5.57. The summed E-state index contributed by atoms with van der Waals surface area (Å²) in [5.74, 6) is 0. The molecule has 17 heavy (non-hydrogen) atoms. The number of hydrogen-bond donors (Lipinski definition) is 1. The number of hydrogen-bond acceptors (Lipinski definition) is 3. The van der Waals surface area contributed by atoms with Crippen LogP contribution in [0.15, 0.2) is 18.5 Å². The number of nitriles is 1. The smallest absolute Gasteiger partial charge is 0.100 e. The lowest BCUT2D eigenvalue weighted by molar-refractivity contribution is 0.168. The number of H-pyrrole nitrogens is 1. The maximum absolute atomic E-state index is 9.46. The molecule has 0 bridgehead atoms. The molecule has 4 rings (SSSR count). The normalized spacial score (nSPS) is 23.2. The standard InChI is InChI=1S/C13H12N4/c14-8-13(6-12(7-13)1-2-12)11-3-9-4-16-17-10(9)5-15-11/h3-5H,1-2,6-7H2,(H,16,17). The Kier molecular flexibility index (Phi) is 1.44. The van der Waals surface area contributed by atoms with Gasteiger partial charge in [0.25, 0.3) is 0 Å². The maximum atomic E-state index is 9.46.